The van der Waals surface area contributed by atoms with Crippen molar-refractivity contribution in [1.82, 2.24) is 29.9 Å². The lowest BCUT2D eigenvalue weighted by Crippen LogP contribution is -2.53. The highest BCUT2D eigenvalue weighted by Crippen LogP contribution is 2.27. The quantitative estimate of drug-likeness (QED) is 0.765. The van der Waals surface area contributed by atoms with E-state index in [1.165, 1.54) is 0 Å². The highest BCUT2D eigenvalue weighted by molar-refractivity contribution is 5.80. The van der Waals surface area contributed by atoms with Gasteiger partial charge in [0.1, 0.15) is 11.6 Å². The molecule has 8 nitrogen and oxygen atoms in total. The van der Waals surface area contributed by atoms with E-state index < -0.39 is 0 Å². The van der Waals surface area contributed by atoms with Gasteiger partial charge in [-0.2, -0.15) is 0 Å². The molecule has 3 aliphatic heterocycles. The van der Waals surface area contributed by atoms with Gasteiger partial charge in [-0.25, -0.2) is 0 Å². The summed E-state index contributed by atoms with van der Waals surface area (Å²) in [5, 5.41) is 21.8. The maximum Gasteiger partial charge on any atom is 0.228 e. The normalized spacial score (nSPS) is 26.1. The van der Waals surface area contributed by atoms with Crippen molar-refractivity contribution in [2.75, 3.05) is 39.3 Å². The van der Waals surface area contributed by atoms with Crippen molar-refractivity contribution in [3.05, 3.63) is 11.6 Å². The van der Waals surface area contributed by atoms with Crippen LogP contribution in [0.5, 0.6) is 0 Å². The van der Waals surface area contributed by atoms with E-state index in [2.05, 4.69) is 25.0 Å². The molecule has 3 fully saturated rings. The summed E-state index contributed by atoms with van der Waals surface area (Å²) in [5.74, 6) is 2.71. The first-order valence-corrected chi connectivity index (χ1v) is 9.90. The molecule has 1 atom stereocenters. The molecule has 144 valence electrons. The van der Waals surface area contributed by atoms with Crippen LogP contribution >= 0.6 is 0 Å². The van der Waals surface area contributed by atoms with Crippen LogP contribution in [0.25, 0.3) is 0 Å². The Kier molecular flexibility index (Phi) is 5.24. The Balaban J connectivity index is 1.39. The van der Waals surface area contributed by atoms with Crippen LogP contribution < -0.4 is 5.32 Å². The number of rotatable bonds is 4. The highest BCUT2D eigenvalue weighted by Gasteiger charge is 2.34. The maximum absolute atomic E-state index is 12.6. The number of amides is 1. The van der Waals surface area contributed by atoms with E-state index in [0.29, 0.717) is 5.91 Å². The number of carbonyl (C=O) groups is 1. The summed E-state index contributed by atoms with van der Waals surface area (Å²) >= 11 is 0. The number of nitrogens with one attached hydrogen (secondary N) is 1. The van der Waals surface area contributed by atoms with Crippen LogP contribution in [0.4, 0.5) is 0 Å². The van der Waals surface area contributed by atoms with Gasteiger partial charge in [0.15, 0.2) is 0 Å². The molecule has 1 amide bonds. The standard InChI is InChI=1S/C18H30N6O2/c1-22-16(12-23-7-4-15(25)5-8-23)20-21-17(22)13-3-2-6-24(11-13)18(26)14-9-19-10-14/h13-15,19,25H,2-12H2,1H3/t13-/m1/s1. The number of nitrogens with zero attached hydrogens (tertiary/aromatic N) is 5. The Hall–Kier alpha value is -1.51. The molecule has 4 rings (SSSR count). The largest absolute Gasteiger partial charge is 0.393 e. The summed E-state index contributed by atoms with van der Waals surface area (Å²) in [6.45, 7) is 5.86. The summed E-state index contributed by atoms with van der Waals surface area (Å²) < 4.78 is 2.12. The first-order valence-electron chi connectivity index (χ1n) is 9.90. The average molecular weight is 362 g/mol. The van der Waals surface area contributed by atoms with Gasteiger partial charge in [-0.3, -0.25) is 9.69 Å². The molecule has 0 unspecified atom stereocenters. The third kappa shape index (κ3) is 3.63. The second-order valence-electron chi connectivity index (χ2n) is 8.02. The van der Waals surface area contributed by atoms with Crippen molar-refractivity contribution in [1.29, 1.82) is 0 Å². The average Bonchev–Trinajstić information content (AvgIpc) is 2.96. The zero-order valence-corrected chi connectivity index (χ0v) is 15.6. The Morgan fingerprint density at radius 2 is 1.96 bits per heavy atom. The first kappa shape index (κ1) is 17.9. The summed E-state index contributed by atoms with van der Waals surface area (Å²) in [6, 6.07) is 0. The molecule has 3 saturated heterocycles. The van der Waals surface area contributed by atoms with E-state index in [9.17, 15) is 9.90 Å². The molecule has 0 aliphatic carbocycles. The smallest absolute Gasteiger partial charge is 0.228 e. The molecule has 0 saturated carbocycles. The number of piperidine rings is 2. The molecule has 0 bridgehead atoms. The number of aliphatic hydroxyl groups is 1. The molecule has 26 heavy (non-hydrogen) atoms. The van der Waals surface area contributed by atoms with E-state index in [0.717, 1.165) is 83.1 Å². The van der Waals surface area contributed by atoms with E-state index >= 15 is 0 Å². The molecule has 2 N–H and O–H groups in total. The second kappa shape index (κ2) is 7.62. The van der Waals surface area contributed by atoms with Crippen LogP contribution in [0.2, 0.25) is 0 Å². The number of aliphatic hydroxyl groups excluding tert-OH is 1. The van der Waals surface area contributed by atoms with Gasteiger partial charge < -0.3 is 19.9 Å². The lowest BCUT2D eigenvalue weighted by Gasteiger charge is -2.37. The lowest BCUT2D eigenvalue weighted by molar-refractivity contribution is -0.138. The lowest BCUT2D eigenvalue weighted by atomic mass is 9.94. The van der Waals surface area contributed by atoms with Crippen molar-refractivity contribution in [3.8, 4) is 0 Å². The van der Waals surface area contributed by atoms with E-state index in [-0.39, 0.29) is 17.9 Å². The Labute approximate surface area is 154 Å². The predicted octanol–water partition coefficient (Wildman–Crippen LogP) is -0.303. The van der Waals surface area contributed by atoms with Crippen LogP contribution in [0.3, 0.4) is 0 Å². The number of aromatic nitrogens is 3. The van der Waals surface area contributed by atoms with Gasteiger partial charge in [0.2, 0.25) is 5.91 Å². The molecule has 1 aromatic heterocycles. The van der Waals surface area contributed by atoms with E-state index in [1.807, 2.05) is 11.9 Å². The Morgan fingerprint density at radius 3 is 2.65 bits per heavy atom. The molecular weight excluding hydrogens is 332 g/mol. The van der Waals surface area contributed by atoms with Gasteiger partial charge in [0, 0.05) is 52.2 Å². The highest BCUT2D eigenvalue weighted by atomic mass is 16.3. The zero-order chi connectivity index (χ0) is 18.1. The second-order valence-corrected chi connectivity index (χ2v) is 8.02. The first-order chi connectivity index (χ1) is 12.6. The molecule has 0 aromatic carbocycles. The van der Waals surface area contributed by atoms with E-state index in [1.54, 1.807) is 0 Å². The number of carbonyl (C=O) groups excluding carboxylic acids is 1. The van der Waals surface area contributed by atoms with E-state index in [4.69, 9.17) is 0 Å². The summed E-state index contributed by atoms with van der Waals surface area (Å²) in [7, 11) is 2.04. The predicted molar refractivity (Wildman–Crippen MR) is 96.4 cm³/mol. The summed E-state index contributed by atoms with van der Waals surface area (Å²) in [5.41, 5.74) is 0. The molecular formula is C18H30N6O2. The third-order valence-electron chi connectivity index (χ3n) is 6.15. The van der Waals surface area contributed by atoms with Gasteiger partial charge in [-0.15, -0.1) is 10.2 Å². The van der Waals surface area contributed by atoms with Gasteiger partial charge >= 0.3 is 0 Å². The van der Waals surface area contributed by atoms with Crippen molar-refractivity contribution in [3.63, 3.8) is 0 Å². The minimum absolute atomic E-state index is 0.155. The number of likely N-dealkylation sites (tertiary alicyclic amines) is 2. The monoisotopic (exact) mass is 362 g/mol. The fraction of sp³-hybridized carbons (Fsp3) is 0.833. The van der Waals surface area contributed by atoms with Gasteiger partial charge in [-0.05, 0) is 25.7 Å². The summed E-state index contributed by atoms with van der Waals surface area (Å²) in [6.07, 6.45) is 3.61. The maximum atomic E-state index is 12.6. The molecule has 0 radical (unpaired) electrons. The van der Waals surface area contributed by atoms with Crippen LogP contribution in [-0.2, 0) is 18.4 Å². The van der Waals surface area contributed by atoms with Gasteiger partial charge in [0.25, 0.3) is 0 Å². The minimum atomic E-state index is -0.155. The van der Waals surface area contributed by atoms with Crippen molar-refractivity contribution in [2.24, 2.45) is 13.0 Å². The van der Waals surface area contributed by atoms with Crippen molar-refractivity contribution in [2.45, 2.75) is 44.2 Å². The Morgan fingerprint density at radius 1 is 1.19 bits per heavy atom. The van der Waals surface area contributed by atoms with Gasteiger partial charge in [0.05, 0.1) is 18.6 Å². The fourth-order valence-electron chi connectivity index (χ4n) is 4.26. The van der Waals surface area contributed by atoms with Gasteiger partial charge in [-0.1, -0.05) is 0 Å². The number of hydrogen-bond donors (Lipinski definition) is 2. The van der Waals surface area contributed by atoms with Crippen molar-refractivity contribution < 1.29 is 9.90 Å². The number of hydrogen-bond acceptors (Lipinski definition) is 6. The third-order valence-corrected chi connectivity index (χ3v) is 6.15. The summed E-state index contributed by atoms with van der Waals surface area (Å²) in [4.78, 5) is 16.9. The fourth-order valence-corrected chi connectivity index (χ4v) is 4.26. The molecule has 0 spiro atoms. The van der Waals surface area contributed by atoms with Crippen LogP contribution in [0, 0.1) is 5.92 Å². The molecule has 1 aromatic rings. The van der Waals surface area contributed by atoms with Crippen LogP contribution in [0.1, 0.15) is 43.3 Å². The van der Waals surface area contributed by atoms with Crippen LogP contribution in [-0.4, -0.2) is 81.0 Å². The molecule has 8 heteroatoms. The SMILES string of the molecule is Cn1c(CN2CCC(O)CC2)nnc1[C@@H]1CCCN(C(=O)C2CNC2)C1. The molecule has 3 aliphatic rings. The molecule has 4 heterocycles. The van der Waals surface area contributed by atoms with Crippen LogP contribution in [0.15, 0.2) is 0 Å². The van der Waals surface area contributed by atoms with Crippen molar-refractivity contribution >= 4 is 5.91 Å². The Bertz CT molecular complexity index is 636. The topological polar surface area (TPSA) is 86.5 Å². The minimum Gasteiger partial charge on any atom is -0.393 e. The zero-order valence-electron chi connectivity index (χ0n) is 15.6.